The third-order valence-corrected chi connectivity index (χ3v) is 5.36. The normalized spacial score (nSPS) is 12.4. The van der Waals surface area contributed by atoms with Crippen LogP contribution in [0.2, 0.25) is 0 Å². The lowest BCUT2D eigenvalue weighted by Crippen LogP contribution is -2.27. The third-order valence-electron chi connectivity index (χ3n) is 3.65. The largest absolute Gasteiger partial charge is 0.110 e. The van der Waals surface area contributed by atoms with Gasteiger partial charge in [-0.2, -0.15) is 0 Å². The van der Waals surface area contributed by atoms with Crippen molar-refractivity contribution >= 4 is 8.58 Å². The van der Waals surface area contributed by atoms with E-state index in [2.05, 4.69) is 88.4 Å². The molecule has 2 rings (SSSR count). The van der Waals surface area contributed by atoms with Gasteiger partial charge >= 0.3 is 0 Å². The Morgan fingerprint density at radius 1 is 0.619 bits per heavy atom. The predicted octanol–water partition coefficient (Wildman–Crippen LogP) is 5.71. The molecule has 21 heavy (non-hydrogen) atoms. The van der Waals surface area contributed by atoms with Gasteiger partial charge in [0.1, 0.15) is 0 Å². The van der Waals surface area contributed by atoms with Crippen molar-refractivity contribution < 1.29 is 0 Å². The highest BCUT2D eigenvalue weighted by atomic mass is 31.1. The first-order valence-electron chi connectivity index (χ1n) is 7.74. The molecule has 1 heteroatoms. The summed E-state index contributed by atoms with van der Waals surface area (Å²) in [5, 5.41) is 0.694. The van der Waals surface area contributed by atoms with Crippen LogP contribution in [0.4, 0.5) is 0 Å². The first-order valence-corrected chi connectivity index (χ1v) is 8.74. The number of benzene rings is 2. The van der Waals surface area contributed by atoms with Crippen molar-refractivity contribution in [1.82, 2.24) is 0 Å². The molecule has 0 nitrogen and oxygen atoms in total. The highest BCUT2D eigenvalue weighted by Crippen LogP contribution is 2.46. The zero-order chi connectivity index (χ0) is 15.3. The van der Waals surface area contributed by atoms with Crippen LogP contribution in [-0.2, 0) is 12.8 Å². The predicted molar refractivity (Wildman–Crippen MR) is 96.8 cm³/mol. The molecule has 0 N–H and O–H groups in total. The molecule has 0 aliphatic heterocycles. The summed E-state index contributed by atoms with van der Waals surface area (Å²) in [7, 11) is 0.937. The minimum atomic E-state index is 0.347. The number of hydrogen-bond donors (Lipinski definition) is 0. The second kappa shape index (κ2) is 6.75. The molecule has 0 aliphatic rings. The average molecular weight is 298 g/mol. The first kappa shape index (κ1) is 16.2. The van der Waals surface area contributed by atoms with E-state index in [9.17, 15) is 0 Å². The third kappa shape index (κ3) is 5.64. The summed E-state index contributed by atoms with van der Waals surface area (Å²) in [6.07, 6.45) is 2.31. The first-order chi connectivity index (χ1) is 9.86. The average Bonchev–Trinajstić information content (AvgIpc) is 2.38. The van der Waals surface area contributed by atoms with E-state index in [1.54, 1.807) is 0 Å². The Morgan fingerprint density at radius 3 is 1.29 bits per heavy atom. The van der Waals surface area contributed by atoms with Crippen molar-refractivity contribution in [1.29, 1.82) is 0 Å². The fourth-order valence-electron chi connectivity index (χ4n) is 3.22. The van der Waals surface area contributed by atoms with Crippen LogP contribution in [0.5, 0.6) is 0 Å². The smallest absolute Gasteiger partial charge is 0.0133 e. The number of hydrogen-bond acceptors (Lipinski definition) is 0. The van der Waals surface area contributed by atoms with E-state index in [1.807, 2.05) is 0 Å². The summed E-state index contributed by atoms with van der Waals surface area (Å²) >= 11 is 0. The fraction of sp³-hybridized carbons (Fsp3) is 0.400. The molecule has 112 valence electrons. The van der Waals surface area contributed by atoms with Crippen LogP contribution >= 0.6 is 8.58 Å². The van der Waals surface area contributed by atoms with Gasteiger partial charge in [0, 0.05) is 0 Å². The fourth-order valence-corrected chi connectivity index (χ4v) is 5.63. The number of rotatable bonds is 6. The lowest BCUT2D eigenvalue weighted by molar-refractivity contribution is 0.638. The van der Waals surface area contributed by atoms with Gasteiger partial charge in [-0.05, 0) is 34.3 Å². The van der Waals surface area contributed by atoms with Crippen LogP contribution in [0.15, 0.2) is 60.7 Å². The van der Waals surface area contributed by atoms with Crippen LogP contribution in [0.1, 0.15) is 38.8 Å². The summed E-state index contributed by atoms with van der Waals surface area (Å²) in [4.78, 5) is 0. The van der Waals surface area contributed by atoms with Gasteiger partial charge in [-0.15, -0.1) is 8.58 Å². The van der Waals surface area contributed by atoms with E-state index in [-0.39, 0.29) is 0 Å². The Balaban J connectivity index is 2.01. The van der Waals surface area contributed by atoms with E-state index in [4.69, 9.17) is 0 Å². The minimum absolute atomic E-state index is 0.347. The molecule has 0 amide bonds. The van der Waals surface area contributed by atoms with E-state index in [0.29, 0.717) is 10.3 Å². The van der Waals surface area contributed by atoms with Gasteiger partial charge in [-0.1, -0.05) is 88.4 Å². The molecule has 0 saturated carbocycles. The minimum Gasteiger partial charge on any atom is -0.110 e. The maximum atomic E-state index is 2.41. The van der Waals surface area contributed by atoms with Gasteiger partial charge in [-0.25, -0.2) is 0 Å². The quantitative estimate of drug-likeness (QED) is 0.599. The molecule has 0 saturated heterocycles. The Bertz CT molecular complexity index is 489. The highest BCUT2D eigenvalue weighted by Gasteiger charge is 2.28. The molecule has 2 aromatic rings. The Kier molecular flexibility index (Phi) is 5.22. The molecule has 0 aliphatic carbocycles. The molecule has 0 atom stereocenters. The van der Waals surface area contributed by atoms with Gasteiger partial charge in [-0.3, -0.25) is 0 Å². The van der Waals surface area contributed by atoms with Crippen molar-refractivity contribution in [2.45, 2.75) is 50.8 Å². The van der Waals surface area contributed by atoms with Gasteiger partial charge < -0.3 is 0 Å². The standard InChI is InChI=1S/C20H27P/c1-19(2,15-17-11-7-5-8-12-17)21-20(3,4)16-18-13-9-6-10-14-18/h5-14,21H,15-16H2,1-4H3. The summed E-state index contributed by atoms with van der Waals surface area (Å²) in [5.74, 6) is 0. The lowest BCUT2D eigenvalue weighted by atomic mass is 10.0. The van der Waals surface area contributed by atoms with E-state index >= 15 is 0 Å². The Labute approximate surface area is 131 Å². The van der Waals surface area contributed by atoms with Crippen LogP contribution in [0, 0.1) is 0 Å². The summed E-state index contributed by atoms with van der Waals surface area (Å²) in [6.45, 7) is 9.63. The van der Waals surface area contributed by atoms with Crippen LogP contribution in [0.25, 0.3) is 0 Å². The highest BCUT2D eigenvalue weighted by molar-refractivity contribution is 7.41. The van der Waals surface area contributed by atoms with Crippen molar-refractivity contribution in [3.63, 3.8) is 0 Å². The van der Waals surface area contributed by atoms with Crippen LogP contribution in [-0.4, -0.2) is 10.3 Å². The van der Waals surface area contributed by atoms with E-state index in [0.717, 1.165) is 21.4 Å². The molecule has 0 fully saturated rings. The zero-order valence-electron chi connectivity index (χ0n) is 13.7. The maximum Gasteiger partial charge on any atom is -0.0133 e. The van der Waals surface area contributed by atoms with Crippen LogP contribution in [0.3, 0.4) is 0 Å². The van der Waals surface area contributed by atoms with Crippen molar-refractivity contribution in [3.8, 4) is 0 Å². The SMILES string of the molecule is CC(C)(Cc1ccccc1)PC(C)(C)Cc1ccccc1. The molecule has 0 unspecified atom stereocenters. The van der Waals surface area contributed by atoms with E-state index in [1.165, 1.54) is 11.1 Å². The second-order valence-corrected chi connectivity index (χ2v) is 10.2. The van der Waals surface area contributed by atoms with Gasteiger partial charge in [0.2, 0.25) is 0 Å². The zero-order valence-corrected chi connectivity index (χ0v) is 14.7. The summed E-state index contributed by atoms with van der Waals surface area (Å²) < 4.78 is 0. The van der Waals surface area contributed by atoms with Gasteiger partial charge in [0.15, 0.2) is 0 Å². The molecule has 2 aromatic carbocycles. The monoisotopic (exact) mass is 298 g/mol. The van der Waals surface area contributed by atoms with Gasteiger partial charge in [0.05, 0.1) is 0 Å². The molecule has 0 radical (unpaired) electrons. The maximum absolute atomic E-state index is 2.41. The topological polar surface area (TPSA) is 0 Å². The molecule has 0 bridgehead atoms. The molecular formula is C20H27P. The van der Waals surface area contributed by atoms with Gasteiger partial charge in [0.25, 0.3) is 0 Å². The lowest BCUT2D eigenvalue weighted by Gasteiger charge is -2.35. The molecule has 0 spiro atoms. The molecule has 0 heterocycles. The summed E-state index contributed by atoms with van der Waals surface area (Å²) in [5.41, 5.74) is 2.90. The van der Waals surface area contributed by atoms with Crippen molar-refractivity contribution in [2.24, 2.45) is 0 Å². The van der Waals surface area contributed by atoms with Crippen molar-refractivity contribution in [2.75, 3.05) is 0 Å². The Morgan fingerprint density at radius 2 is 0.952 bits per heavy atom. The second-order valence-electron chi connectivity index (χ2n) is 7.22. The Hall–Kier alpha value is -1.13. The van der Waals surface area contributed by atoms with Crippen molar-refractivity contribution in [3.05, 3.63) is 71.8 Å². The van der Waals surface area contributed by atoms with E-state index < -0.39 is 0 Å². The summed E-state index contributed by atoms with van der Waals surface area (Å²) in [6, 6.07) is 21.7. The molecule has 0 aromatic heterocycles. The molecular weight excluding hydrogens is 271 g/mol. The van der Waals surface area contributed by atoms with Crippen LogP contribution < -0.4 is 0 Å².